The number of carbonyl (C=O) groups is 1. The van der Waals surface area contributed by atoms with Crippen LogP contribution in [0.25, 0.3) is 0 Å². The van der Waals surface area contributed by atoms with Crippen LogP contribution in [-0.4, -0.2) is 25.7 Å². The molecule has 1 aromatic carbocycles. The van der Waals surface area contributed by atoms with Gasteiger partial charge in [0, 0.05) is 6.54 Å². The van der Waals surface area contributed by atoms with Gasteiger partial charge < -0.3 is 15.4 Å². The van der Waals surface area contributed by atoms with Crippen molar-refractivity contribution in [3.05, 3.63) is 42.5 Å². The minimum atomic E-state index is -0.211. The number of carbonyl (C=O) groups excluding carboxylic acids is 1. The Labute approximate surface area is 121 Å². The number of urea groups is 1. The summed E-state index contributed by atoms with van der Waals surface area (Å²) in [5.74, 6) is 0.825. The maximum Gasteiger partial charge on any atom is 0.315 e. The average molecular weight is 276 g/mol. The maximum atomic E-state index is 11.3. The van der Waals surface area contributed by atoms with Crippen LogP contribution in [0.2, 0.25) is 0 Å². The quantitative estimate of drug-likeness (QED) is 0.620. The zero-order valence-electron chi connectivity index (χ0n) is 12.5. The molecule has 2 amide bonds. The van der Waals surface area contributed by atoms with Crippen LogP contribution in [0.3, 0.4) is 0 Å². The fourth-order valence-electron chi connectivity index (χ4n) is 1.61. The Morgan fingerprint density at radius 2 is 2.10 bits per heavy atom. The lowest BCUT2D eigenvalue weighted by atomic mass is 9.87. The molecule has 0 aromatic heterocycles. The summed E-state index contributed by atoms with van der Waals surface area (Å²) >= 11 is 0. The molecule has 110 valence electrons. The molecule has 0 aliphatic heterocycles. The van der Waals surface area contributed by atoms with Crippen molar-refractivity contribution in [2.45, 2.75) is 26.2 Å². The highest BCUT2D eigenvalue weighted by atomic mass is 16.5. The third-order valence-corrected chi connectivity index (χ3v) is 2.76. The molecule has 1 aromatic rings. The van der Waals surface area contributed by atoms with Crippen LogP contribution >= 0.6 is 0 Å². The van der Waals surface area contributed by atoms with E-state index in [1.54, 1.807) is 6.08 Å². The van der Waals surface area contributed by atoms with Crippen LogP contribution in [0.1, 0.15) is 26.3 Å². The number of ether oxygens (including phenoxy) is 1. The molecule has 0 bridgehead atoms. The molecule has 0 aliphatic rings. The van der Waals surface area contributed by atoms with E-state index < -0.39 is 0 Å². The Kier molecular flexibility index (Phi) is 6.10. The molecule has 0 saturated carbocycles. The molecule has 0 saturated heterocycles. The minimum Gasteiger partial charge on any atom is -0.492 e. The van der Waals surface area contributed by atoms with E-state index in [4.69, 9.17) is 4.74 Å². The van der Waals surface area contributed by atoms with Crippen molar-refractivity contribution in [1.82, 2.24) is 10.6 Å². The summed E-state index contributed by atoms with van der Waals surface area (Å²) in [5.41, 5.74) is 1.33. The maximum absolute atomic E-state index is 11.3. The number of rotatable bonds is 6. The molecule has 4 nitrogen and oxygen atoms in total. The number of nitrogens with one attached hydrogen (secondary N) is 2. The molecule has 2 N–H and O–H groups in total. The molecule has 0 aliphatic carbocycles. The first kappa shape index (κ1) is 16.1. The summed E-state index contributed by atoms with van der Waals surface area (Å²) in [7, 11) is 0. The lowest BCUT2D eigenvalue weighted by Crippen LogP contribution is -2.37. The first-order valence-electron chi connectivity index (χ1n) is 6.79. The van der Waals surface area contributed by atoms with Gasteiger partial charge in [-0.25, -0.2) is 4.79 Å². The number of benzene rings is 1. The fourth-order valence-corrected chi connectivity index (χ4v) is 1.61. The highest BCUT2D eigenvalue weighted by Crippen LogP contribution is 2.25. The molecular weight excluding hydrogens is 252 g/mol. The normalized spacial score (nSPS) is 10.8. The lowest BCUT2D eigenvalue weighted by molar-refractivity contribution is 0.237. The molecule has 0 atom stereocenters. The zero-order chi connectivity index (χ0) is 15.0. The van der Waals surface area contributed by atoms with Crippen LogP contribution in [-0.2, 0) is 5.41 Å². The Morgan fingerprint density at radius 3 is 2.75 bits per heavy atom. The monoisotopic (exact) mass is 276 g/mol. The third-order valence-electron chi connectivity index (χ3n) is 2.76. The van der Waals surface area contributed by atoms with Crippen molar-refractivity contribution >= 4 is 6.03 Å². The Morgan fingerprint density at radius 1 is 1.35 bits per heavy atom. The van der Waals surface area contributed by atoms with E-state index >= 15 is 0 Å². The third kappa shape index (κ3) is 5.78. The Bertz CT molecular complexity index is 450. The number of hydrogen-bond acceptors (Lipinski definition) is 2. The predicted molar refractivity (Wildman–Crippen MR) is 82.2 cm³/mol. The highest BCUT2D eigenvalue weighted by Gasteiger charge is 2.13. The van der Waals surface area contributed by atoms with Crippen LogP contribution in [0.5, 0.6) is 5.75 Å². The largest absolute Gasteiger partial charge is 0.492 e. The predicted octanol–water partition coefficient (Wildman–Crippen LogP) is 2.85. The van der Waals surface area contributed by atoms with Gasteiger partial charge in [0.1, 0.15) is 12.4 Å². The average Bonchev–Trinajstić information content (AvgIpc) is 2.41. The molecule has 0 radical (unpaired) electrons. The number of hydrogen-bond donors (Lipinski definition) is 2. The van der Waals surface area contributed by atoms with Gasteiger partial charge in [0.05, 0.1) is 6.54 Å². The van der Waals surface area contributed by atoms with Gasteiger partial charge in [-0.2, -0.15) is 0 Å². The number of amides is 2. The van der Waals surface area contributed by atoms with Crippen molar-refractivity contribution in [3.8, 4) is 5.75 Å². The molecule has 0 unspecified atom stereocenters. The molecule has 1 rings (SSSR count). The van der Waals surface area contributed by atoms with Crippen molar-refractivity contribution in [2.24, 2.45) is 0 Å². The first-order valence-corrected chi connectivity index (χ1v) is 6.79. The van der Waals surface area contributed by atoms with Crippen molar-refractivity contribution in [1.29, 1.82) is 0 Å². The van der Waals surface area contributed by atoms with E-state index in [2.05, 4.69) is 44.1 Å². The van der Waals surface area contributed by atoms with Gasteiger partial charge >= 0.3 is 6.03 Å². The van der Waals surface area contributed by atoms with E-state index in [0.29, 0.717) is 19.7 Å². The second kappa shape index (κ2) is 7.58. The van der Waals surface area contributed by atoms with Crippen molar-refractivity contribution in [3.63, 3.8) is 0 Å². The van der Waals surface area contributed by atoms with E-state index in [9.17, 15) is 4.79 Å². The SMILES string of the molecule is C=CCNC(=O)NCCOc1cccc(C(C)(C)C)c1. The van der Waals surface area contributed by atoms with Gasteiger partial charge in [0.25, 0.3) is 0 Å². The van der Waals surface area contributed by atoms with Gasteiger partial charge in [-0.3, -0.25) is 0 Å². The highest BCUT2D eigenvalue weighted by molar-refractivity contribution is 5.73. The van der Waals surface area contributed by atoms with E-state index in [1.807, 2.05) is 18.2 Å². The van der Waals surface area contributed by atoms with E-state index in [0.717, 1.165) is 5.75 Å². The van der Waals surface area contributed by atoms with E-state index in [-0.39, 0.29) is 11.4 Å². The molecule has 0 spiro atoms. The Hall–Kier alpha value is -1.97. The Balaban J connectivity index is 2.35. The summed E-state index contributed by atoms with van der Waals surface area (Å²) in [6.07, 6.45) is 1.63. The molecule has 0 heterocycles. The van der Waals surface area contributed by atoms with E-state index in [1.165, 1.54) is 5.56 Å². The minimum absolute atomic E-state index is 0.0994. The second-order valence-electron chi connectivity index (χ2n) is 5.55. The second-order valence-corrected chi connectivity index (χ2v) is 5.55. The molecular formula is C16H24N2O2. The zero-order valence-corrected chi connectivity index (χ0v) is 12.5. The summed E-state index contributed by atoms with van der Waals surface area (Å²) in [4.78, 5) is 11.3. The topological polar surface area (TPSA) is 50.4 Å². The van der Waals surface area contributed by atoms with Crippen LogP contribution in [0.15, 0.2) is 36.9 Å². The molecule has 20 heavy (non-hydrogen) atoms. The molecule has 0 fully saturated rings. The van der Waals surface area contributed by atoms with Crippen LogP contribution in [0, 0.1) is 0 Å². The van der Waals surface area contributed by atoms with Crippen LogP contribution < -0.4 is 15.4 Å². The first-order chi connectivity index (χ1) is 9.43. The van der Waals surface area contributed by atoms with Crippen LogP contribution in [0.4, 0.5) is 4.79 Å². The van der Waals surface area contributed by atoms with Gasteiger partial charge in [-0.1, -0.05) is 39.0 Å². The van der Waals surface area contributed by atoms with Crippen molar-refractivity contribution in [2.75, 3.05) is 19.7 Å². The molecule has 4 heteroatoms. The summed E-state index contributed by atoms with van der Waals surface area (Å²) < 4.78 is 5.63. The summed E-state index contributed by atoms with van der Waals surface area (Å²) in [6.45, 7) is 11.4. The lowest BCUT2D eigenvalue weighted by Gasteiger charge is -2.19. The smallest absolute Gasteiger partial charge is 0.315 e. The van der Waals surface area contributed by atoms with Gasteiger partial charge in [-0.05, 0) is 23.1 Å². The van der Waals surface area contributed by atoms with Gasteiger partial charge in [-0.15, -0.1) is 6.58 Å². The van der Waals surface area contributed by atoms with Gasteiger partial charge in [0.2, 0.25) is 0 Å². The standard InChI is InChI=1S/C16H24N2O2/c1-5-9-17-15(19)18-10-11-20-14-8-6-7-13(12-14)16(2,3)4/h5-8,12H,1,9-11H2,2-4H3,(H2,17,18,19). The van der Waals surface area contributed by atoms with Crippen molar-refractivity contribution < 1.29 is 9.53 Å². The summed E-state index contributed by atoms with van der Waals surface area (Å²) in [6, 6.07) is 7.83. The fraction of sp³-hybridized carbons (Fsp3) is 0.438. The summed E-state index contributed by atoms with van der Waals surface area (Å²) in [5, 5.41) is 5.35. The van der Waals surface area contributed by atoms with Gasteiger partial charge in [0.15, 0.2) is 0 Å².